The summed E-state index contributed by atoms with van der Waals surface area (Å²) in [6.45, 7) is 6.28. The van der Waals surface area contributed by atoms with E-state index in [0.717, 1.165) is 36.5 Å². The van der Waals surface area contributed by atoms with Gasteiger partial charge in [0.15, 0.2) is 11.6 Å². The smallest absolute Gasteiger partial charge is 0.200 e. The van der Waals surface area contributed by atoms with Gasteiger partial charge >= 0.3 is 0 Å². The second-order valence-corrected chi connectivity index (χ2v) is 10.9. The lowest BCUT2D eigenvalue weighted by Gasteiger charge is -2.45. The Labute approximate surface area is 194 Å². The molecular weight excluding hydrogens is 402 g/mol. The molecule has 3 heteroatoms. The third-order valence-corrected chi connectivity index (χ3v) is 9.00. The van der Waals surface area contributed by atoms with E-state index in [2.05, 4.69) is 13.5 Å². The fourth-order valence-corrected chi connectivity index (χ4v) is 7.22. The molecule has 178 valence electrons. The third-order valence-electron chi connectivity index (χ3n) is 9.00. The van der Waals surface area contributed by atoms with E-state index in [9.17, 15) is 8.78 Å². The van der Waals surface area contributed by atoms with Crippen LogP contribution in [0, 0.1) is 41.2 Å². The molecule has 0 spiro atoms. The summed E-state index contributed by atoms with van der Waals surface area (Å²) in [7, 11) is 0. The molecule has 0 N–H and O–H groups in total. The first-order chi connectivity index (χ1) is 15.6. The minimum atomic E-state index is -0.823. The van der Waals surface area contributed by atoms with E-state index >= 15 is 0 Å². The lowest BCUT2D eigenvalue weighted by molar-refractivity contribution is 0.0707. The lowest BCUT2D eigenvalue weighted by Crippen LogP contribution is -2.34. The average Bonchev–Trinajstić information content (AvgIpc) is 2.82. The molecule has 3 aliphatic carbocycles. The largest absolute Gasteiger partial charge is 0.490 e. The van der Waals surface area contributed by atoms with E-state index in [-0.39, 0.29) is 11.7 Å². The van der Waals surface area contributed by atoms with Crippen LogP contribution in [0.4, 0.5) is 8.78 Å². The molecule has 3 fully saturated rings. The molecule has 0 aromatic heterocycles. The highest BCUT2D eigenvalue weighted by Crippen LogP contribution is 2.51. The SMILES string of the molecule is C=CCCOc1ccc(C2CCC3CC(C4CCC(CCC)CC4)CCC3C2)c(F)c1F. The minimum absolute atomic E-state index is 0.0240. The van der Waals surface area contributed by atoms with Crippen LogP contribution >= 0.6 is 0 Å². The van der Waals surface area contributed by atoms with Gasteiger partial charge in [0.25, 0.3) is 0 Å². The Morgan fingerprint density at radius 3 is 2.25 bits per heavy atom. The molecule has 4 unspecified atom stereocenters. The molecule has 0 heterocycles. The quantitative estimate of drug-likeness (QED) is 0.287. The van der Waals surface area contributed by atoms with Gasteiger partial charge in [0.05, 0.1) is 6.61 Å². The van der Waals surface area contributed by atoms with Gasteiger partial charge in [0.1, 0.15) is 0 Å². The van der Waals surface area contributed by atoms with E-state index < -0.39 is 11.6 Å². The molecule has 1 aromatic rings. The van der Waals surface area contributed by atoms with Crippen LogP contribution in [0.15, 0.2) is 24.8 Å². The number of rotatable bonds is 8. The zero-order chi connectivity index (χ0) is 22.5. The van der Waals surface area contributed by atoms with Crippen molar-refractivity contribution in [3.63, 3.8) is 0 Å². The normalized spacial score (nSPS) is 32.8. The molecule has 1 nitrogen and oxygen atoms in total. The molecule has 0 radical (unpaired) electrons. The van der Waals surface area contributed by atoms with Crippen LogP contribution in [0.1, 0.15) is 102 Å². The van der Waals surface area contributed by atoms with Gasteiger partial charge in [-0.25, -0.2) is 4.39 Å². The maximum Gasteiger partial charge on any atom is 0.200 e. The van der Waals surface area contributed by atoms with Crippen molar-refractivity contribution in [3.8, 4) is 5.75 Å². The maximum absolute atomic E-state index is 14.9. The van der Waals surface area contributed by atoms with E-state index in [1.54, 1.807) is 18.2 Å². The number of halogens is 2. The second-order valence-electron chi connectivity index (χ2n) is 10.9. The molecule has 4 atom stereocenters. The van der Waals surface area contributed by atoms with Gasteiger partial charge in [-0.05, 0) is 105 Å². The van der Waals surface area contributed by atoms with Gasteiger partial charge < -0.3 is 4.74 Å². The monoisotopic (exact) mass is 444 g/mol. The molecule has 3 saturated carbocycles. The van der Waals surface area contributed by atoms with Crippen molar-refractivity contribution >= 4 is 0 Å². The van der Waals surface area contributed by atoms with E-state index in [1.165, 1.54) is 64.2 Å². The number of hydrogen-bond donors (Lipinski definition) is 0. The molecular formula is C29H42F2O. The van der Waals surface area contributed by atoms with Crippen molar-refractivity contribution in [2.75, 3.05) is 6.61 Å². The van der Waals surface area contributed by atoms with Crippen molar-refractivity contribution in [2.24, 2.45) is 29.6 Å². The summed E-state index contributed by atoms with van der Waals surface area (Å²) in [6.07, 6.45) is 18.1. The van der Waals surface area contributed by atoms with Gasteiger partial charge in [-0.15, -0.1) is 6.58 Å². The molecule has 0 bridgehead atoms. The average molecular weight is 445 g/mol. The van der Waals surface area contributed by atoms with Gasteiger partial charge in [-0.3, -0.25) is 0 Å². The van der Waals surface area contributed by atoms with E-state index in [1.807, 2.05) is 0 Å². The van der Waals surface area contributed by atoms with Crippen LogP contribution in [0.25, 0.3) is 0 Å². The Bertz CT molecular complexity index is 752. The third kappa shape index (κ3) is 5.39. The van der Waals surface area contributed by atoms with Crippen molar-refractivity contribution < 1.29 is 13.5 Å². The maximum atomic E-state index is 14.9. The van der Waals surface area contributed by atoms with Crippen molar-refractivity contribution in [1.82, 2.24) is 0 Å². The van der Waals surface area contributed by atoms with Crippen LogP contribution < -0.4 is 4.74 Å². The van der Waals surface area contributed by atoms with Crippen LogP contribution in [-0.4, -0.2) is 6.61 Å². The Morgan fingerprint density at radius 2 is 1.53 bits per heavy atom. The lowest BCUT2D eigenvalue weighted by atomic mass is 9.60. The summed E-state index contributed by atoms with van der Waals surface area (Å²) in [5.74, 6) is 2.99. The Morgan fingerprint density at radius 1 is 0.875 bits per heavy atom. The molecule has 0 saturated heterocycles. The predicted octanol–water partition coefficient (Wildman–Crippen LogP) is 8.83. The molecule has 0 aliphatic heterocycles. The van der Waals surface area contributed by atoms with Crippen molar-refractivity contribution in [3.05, 3.63) is 42.0 Å². The van der Waals surface area contributed by atoms with Crippen LogP contribution in [0.2, 0.25) is 0 Å². The zero-order valence-corrected chi connectivity index (χ0v) is 20.0. The highest BCUT2D eigenvalue weighted by Gasteiger charge is 2.39. The van der Waals surface area contributed by atoms with Gasteiger partial charge in [-0.2, -0.15) is 4.39 Å². The number of ether oxygens (including phenoxy) is 1. The highest BCUT2D eigenvalue weighted by atomic mass is 19.2. The molecule has 1 aromatic carbocycles. The number of benzene rings is 1. The van der Waals surface area contributed by atoms with Crippen LogP contribution in [0.3, 0.4) is 0 Å². The van der Waals surface area contributed by atoms with Crippen LogP contribution in [0.5, 0.6) is 5.75 Å². The zero-order valence-electron chi connectivity index (χ0n) is 20.0. The standard InChI is InChI=1S/C29H42F2O/c1-3-5-17-32-27-16-15-26(28(30)29(27)31)25-14-13-23-18-22(11-12-24(23)19-25)21-9-7-20(6-4-2)8-10-21/h3,15-16,20-25H,1,4-14,17-19H2,2H3. The van der Waals surface area contributed by atoms with Gasteiger partial charge in [0, 0.05) is 0 Å². The number of hydrogen-bond acceptors (Lipinski definition) is 1. The molecule has 0 amide bonds. The van der Waals surface area contributed by atoms with Crippen molar-refractivity contribution in [1.29, 1.82) is 0 Å². The first-order valence-electron chi connectivity index (χ1n) is 13.3. The first-order valence-corrected chi connectivity index (χ1v) is 13.3. The molecule has 32 heavy (non-hydrogen) atoms. The topological polar surface area (TPSA) is 9.23 Å². The minimum Gasteiger partial charge on any atom is -0.490 e. The predicted molar refractivity (Wildman–Crippen MR) is 128 cm³/mol. The number of fused-ring (bicyclic) bond motifs is 1. The Balaban J connectivity index is 1.32. The Kier molecular flexibility index (Phi) is 8.29. The van der Waals surface area contributed by atoms with Gasteiger partial charge in [0.2, 0.25) is 5.82 Å². The van der Waals surface area contributed by atoms with Crippen molar-refractivity contribution in [2.45, 2.75) is 96.3 Å². The summed E-state index contributed by atoms with van der Waals surface area (Å²) in [5.41, 5.74) is 0.563. The fourth-order valence-electron chi connectivity index (χ4n) is 7.22. The summed E-state index contributed by atoms with van der Waals surface area (Å²) in [6, 6.07) is 3.39. The summed E-state index contributed by atoms with van der Waals surface area (Å²) < 4.78 is 34.9. The second kappa shape index (κ2) is 11.2. The Hall–Kier alpha value is -1.38. The first kappa shape index (κ1) is 23.8. The van der Waals surface area contributed by atoms with E-state index in [4.69, 9.17) is 4.74 Å². The van der Waals surface area contributed by atoms with Gasteiger partial charge in [-0.1, -0.05) is 44.7 Å². The molecule has 4 rings (SSSR count). The molecule has 3 aliphatic rings. The summed E-state index contributed by atoms with van der Waals surface area (Å²) >= 11 is 0. The summed E-state index contributed by atoms with van der Waals surface area (Å²) in [4.78, 5) is 0. The fraction of sp³-hybridized carbons (Fsp3) is 0.724. The summed E-state index contributed by atoms with van der Waals surface area (Å²) in [5, 5.41) is 0. The highest BCUT2D eigenvalue weighted by molar-refractivity contribution is 5.33. The van der Waals surface area contributed by atoms with E-state index in [0.29, 0.717) is 24.5 Å². The van der Waals surface area contributed by atoms with Crippen LogP contribution in [-0.2, 0) is 0 Å².